The lowest BCUT2D eigenvalue weighted by Gasteiger charge is -2.16. The van der Waals surface area contributed by atoms with Crippen LogP contribution < -0.4 is 5.32 Å². The number of hydrogen-bond donors (Lipinski definition) is 1. The molecule has 2 aromatic rings. The second-order valence-electron chi connectivity index (χ2n) is 5.19. The largest absolute Gasteiger partial charge is 0.317 e. The van der Waals surface area contributed by atoms with Crippen molar-refractivity contribution in [3.05, 3.63) is 47.5 Å². The zero-order valence-electron chi connectivity index (χ0n) is 12.6. The predicted molar refractivity (Wildman–Crippen MR) is 81.7 cm³/mol. The number of pyridine rings is 1. The van der Waals surface area contributed by atoms with Gasteiger partial charge in [0.2, 0.25) is 0 Å². The Morgan fingerprint density at radius 3 is 2.85 bits per heavy atom. The molecular formula is C16H24N4. The highest BCUT2D eigenvalue weighted by atomic mass is 15.3. The van der Waals surface area contributed by atoms with E-state index in [2.05, 4.69) is 34.5 Å². The molecular weight excluding hydrogens is 248 g/mol. The fourth-order valence-electron chi connectivity index (χ4n) is 2.42. The molecule has 0 aromatic carbocycles. The predicted octanol–water partition coefficient (Wildman–Crippen LogP) is 2.14. The first kappa shape index (κ1) is 14.7. The highest BCUT2D eigenvalue weighted by Gasteiger charge is 2.11. The Labute approximate surface area is 121 Å². The monoisotopic (exact) mass is 272 g/mol. The Morgan fingerprint density at radius 2 is 2.25 bits per heavy atom. The summed E-state index contributed by atoms with van der Waals surface area (Å²) in [5.74, 6) is 0. The van der Waals surface area contributed by atoms with Crippen LogP contribution in [0.3, 0.4) is 0 Å². The molecule has 0 saturated heterocycles. The molecule has 0 saturated carbocycles. The van der Waals surface area contributed by atoms with Crippen molar-refractivity contribution in [1.82, 2.24) is 20.1 Å². The molecule has 0 spiro atoms. The number of nitrogens with one attached hydrogen (secondary N) is 1. The van der Waals surface area contributed by atoms with Crippen LogP contribution in [0, 0.1) is 0 Å². The smallest absolute Gasteiger partial charge is 0.0624 e. The highest BCUT2D eigenvalue weighted by molar-refractivity contribution is 5.12. The first-order valence-electron chi connectivity index (χ1n) is 7.31. The molecule has 0 aliphatic heterocycles. The van der Waals surface area contributed by atoms with Gasteiger partial charge < -0.3 is 5.32 Å². The van der Waals surface area contributed by atoms with E-state index in [9.17, 15) is 0 Å². The Hall–Kier alpha value is -1.68. The molecule has 0 fully saturated rings. The summed E-state index contributed by atoms with van der Waals surface area (Å²) in [6.45, 7) is 2.14. The number of rotatable bonds is 7. The molecule has 1 atom stereocenters. The van der Waals surface area contributed by atoms with Gasteiger partial charge in [-0.1, -0.05) is 13.0 Å². The first-order chi connectivity index (χ1) is 9.72. The zero-order chi connectivity index (χ0) is 14.4. The molecule has 4 heteroatoms. The zero-order valence-corrected chi connectivity index (χ0v) is 12.6. The number of likely N-dealkylation sites (N-methyl/N-ethyl adjacent to an activating group) is 1. The van der Waals surface area contributed by atoms with Crippen LogP contribution in [0.1, 0.15) is 30.3 Å². The van der Waals surface area contributed by atoms with E-state index in [0.717, 1.165) is 25.7 Å². The number of aryl methyl sites for hydroxylation is 3. The number of hydrogen-bond acceptors (Lipinski definition) is 3. The normalized spacial score (nSPS) is 12.6. The van der Waals surface area contributed by atoms with Gasteiger partial charge in [0.15, 0.2) is 0 Å². The molecule has 0 aliphatic carbocycles. The molecule has 0 amide bonds. The average molecular weight is 272 g/mol. The summed E-state index contributed by atoms with van der Waals surface area (Å²) in [6.07, 6.45) is 7.94. The fraction of sp³-hybridized carbons (Fsp3) is 0.500. The summed E-state index contributed by atoms with van der Waals surface area (Å²) in [5, 5.41) is 7.93. The van der Waals surface area contributed by atoms with Gasteiger partial charge in [0.25, 0.3) is 0 Å². The van der Waals surface area contributed by atoms with Crippen molar-refractivity contribution in [3.63, 3.8) is 0 Å². The van der Waals surface area contributed by atoms with Crippen LogP contribution in [-0.4, -0.2) is 27.9 Å². The average Bonchev–Trinajstić information content (AvgIpc) is 2.84. The van der Waals surface area contributed by atoms with Crippen LogP contribution in [0.4, 0.5) is 0 Å². The maximum atomic E-state index is 4.51. The van der Waals surface area contributed by atoms with Gasteiger partial charge in [-0.2, -0.15) is 5.10 Å². The van der Waals surface area contributed by atoms with Gasteiger partial charge in [-0.25, -0.2) is 0 Å². The summed E-state index contributed by atoms with van der Waals surface area (Å²) in [7, 11) is 4.06. The summed E-state index contributed by atoms with van der Waals surface area (Å²) in [6, 6.07) is 6.82. The summed E-state index contributed by atoms with van der Waals surface area (Å²) < 4.78 is 2.01. The Bertz CT molecular complexity index is 519. The van der Waals surface area contributed by atoms with Crippen molar-refractivity contribution in [2.45, 2.75) is 38.6 Å². The lowest BCUT2D eigenvalue weighted by Crippen LogP contribution is -2.29. The van der Waals surface area contributed by atoms with Crippen LogP contribution in [-0.2, 0) is 26.3 Å². The summed E-state index contributed by atoms with van der Waals surface area (Å²) >= 11 is 0. The van der Waals surface area contributed by atoms with E-state index < -0.39 is 0 Å². The van der Waals surface area contributed by atoms with E-state index in [4.69, 9.17) is 0 Å². The topological polar surface area (TPSA) is 42.7 Å². The maximum Gasteiger partial charge on any atom is 0.0624 e. The molecule has 0 radical (unpaired) electrons. The number of aromatic nitrogens is 3. The van der Waals surface area contributed by atoms with Gasteiger partial charge in [0.05, 0.1) is 5.69 Å². The minimum absolute atomic E-state index is 0.468. The SMILES string of the molecule is CCc1cc(CC(CCc2cccnc2)NC)n(C)n1. The minimum atomic E-state index is 0.468. The summed E-state index contributed by atoms with van der Waals surface area (Å²) in [4.78, 5) is 4.17. The van der Waals surface area contributed by atoms with Crippen LogP contribution in [0.5, 0.6) is 0 Å². The van der Waals surface area contributed by atoms with Crippen molar-refractivity contribution in [1.29, 1.82) is 0 Å². The van der Waals surface area contributed by atoms with E-state index >= 15 is 0 Å². The Balaban J connectivity index is 1.93. The van der Waals surface area contributed by atoms with Crippen LogP contribution in [0.2, 0.25) is 0 Å². The standard InChI is InChI=1S/C16H24N4/c1-4-14-10-16(20(3)19-14)11-15(17-2)8-7-13-6-5-9-18-12-13/h5-6,9-10,12,15,17H,4,7-8,11H2,1-3H3. The third-order valence-electron chi connectivity index (χ3n) is 3.76. The molecule has 2 heterocycles. The van der Waals surface area contributed by atoms with Gasteiger partial charge in [0, 0.05) is 37.6 Å². The maximum absolute atomic E-state index is 4.51. The second-order valence-corrected chi connectivity index (χ2v) is 5.19. The summed E-state index contributed by atoms with van der Waals surface area (Å²) in [5.41, 5.74) is 3.77. The molecule has 0 bridgehead atoms. The van der Waals surface area contributed by atoms with E-state index in [1.807, 2.05) is 37.2 Å². The lowest BCUT2D eigenvalue weighted by atomic mass is 10.0. The quantitative estimate of drug-likeness (QED) is 0.840. The van der Waals surface area contributed by atoms with Crippen molar-refractivity contribution in [3.8, 4) is 0 Å². The van der Waals surface area contributed by atoms with Crippen LogP contribution in [0.15, 0.2) is 30.6 Å². The van der Waals surface area contributed by atoms with Gasteiger partial charge in [-0.05, 0) is 44.0 Å². The van der Waals surface area contributed by atoms with Crippen LogP contribution in [0.25, 0.3) is 0 Å². The molecule has 0 aliphatic rings. The Morgan fingerprint density at radius 1 is 1.40 bits per heavy atom. The molecule has 1 N–H and O–H groups in total. The molecule has 4 nitrogen and oxygen atoms in total. The van der Waals surface area contributed by atoms with Gasteiger partial charge in [-0.3, -0.25) is 9.67 Å². The van der Waals surface area contributed by atoms with Crippen molar-refractivity contribution in [2.75, 3.05) is 7.05 Å². The van der Waals surface area contributed by atoms with E-state index in [1.165, 1.54) is 17.0 Å². The fourth-order valence-corrected chi connectivity index (χ4v) is 2.42. The lowest BCUT2D eigenvalue weighted by molar-refractivity contribution is 0.503. The Kier molecular flexibility index (Phi) is 5.30. The highest BCUT2D eigenvalue weighted by Crippen LogP contribution is 2.11. The molecule has 20 heavy (non-hydrogen) atoms. The van der Waals surface area contributed by atoms with Crippen molar-refractivity contribution >= 4 is 0 Å². The third-order valence-corrected chi connectivity index (χ3v) is 3.76. The van der Waals surface area contributed by atoms with E-state index in [-0.39, 0.29) is 0 Å². The first-order valence-corrected chi connectivity index (χ1v) is 7.31. The molecule has 2 aromatic heterocycles. The van der Waals surface area contributed by atoms with Crippen molar-refractivity contribution in [2.24, 2.45) is 7.05 Å². The number of nitrogens with zero attached hydrogens (tertiary/aromatic N) is 3. The van der Waals surface area contributed by atoms with Crippen molar-refractivity contribution < 1.29 is 0 Å². The molecule has 108 valence electrons. The van der Waals surface area contributed by atoms with Crippen LogP contribution >= 0.6 is 0 Å². The third kappa shape index (κ3) is 3.90. The molecule has 2 rings (SSSR count). The van der Waals surface area contributed by atoms with E-state index in [1.54, 1.807) is 0 Å². The van der Waals surface area contributed by atoms with Gasteiger partial charge in [0.1, 0.15) is 0 Å². The molecule has 1 unspecified atom stereocenters. The van der Waals surface area contributed by atoms with Gasteiger partial charge in [-0.15, -0.1) is 0 Å². The second kappa shape index (κ2) is 7.20. The van der Waals surface area contributed by atoms with Gasteiger partial charge >= 0.3 is 0 Å². The minimum Gasteiger partial charge on any atom is -0.317 e. The van der Waals surface area contributed by atoms with E-state index in [0.29, 0.717) is 6.04 Å².